The van der Waals surface area contributed by atoms with Gasteiger partial charge in [0.1, 0.15) is 6.10 Å². The van der Waals surface area contributed by atoms with Crippen LogP contribution < -0.4 is 5.73 Å². The van der Waals surface area contributed by atoms with E-state index in [9.17, 15) is 13.2 Å². The number of nitrogens with two attached hydrogens (primary N) is 1. The fraction of sp³-hybridized carbons (Fsp3) is 0.636. The van der Waals surface area contributed by atoms with Crippen molar-refractivity contribution in [2.45, 2.75) is 25.9 Å². The summed E-state index contributed by atoms with van der Waals surface area (Å²) < 4.78 is 29.2. The number of ether oxygens (including phenoxy) is 1. The number of nitrogens with zero attached hydrogens (tertiary/aromatic N) is 2. The van der Waals surface area contributed by atoms with Crippen LogP contribution in [-0.2, 0) is 28.0 Å². The van der Waals surface area contributed by atoms with E-state index in [2.05, 4.69) is 5.10 Å². The monoisotopic (exact) mass is 287 g/mol. The summed E-state index contributed by atoms with van der Waals surface area (Å²) >= 11 is 0. The molecule has 1 aromatic rings. The number of rotatable bonds is 3. The molecule has 0 bridgehead atoms. The van der Waals surface area contributed by atoms with Gasteiger partial charge in [-0.3, -0.25) is 4.68 Å². The van der Waals surface area contributed by atoms with Gasteiger partial charge in [-0.2, -0.15) is 5.10 Å². The second kappa shape index (κ2) is 4.84. The van der Waals surface area contributed by atoms with Gasteiger partial charge >= 0.3 is 5.97 Å². The molecule has 1 aliphatic rings. The first-order valence-corrected chi connectivity index (χ1v) is 7.89. The topological polar surface area (TPSA) is 104 Å². The smallest absolute Gasteiger partial charge is 0.359 e. The molecule has 1 atom stereocenters. The summed E-state index contributed by atoms with van der Waals surface area (Å²) in [6, 6.07) is 0. The van der Waals surface area contributed by atoms with Crippen molar-refractivity contribution in [3.8, 4) is 0 Å². The number of aromatic nitrogens is 2. The Bertz CT molecular complexity index is 606. The molecule has 2 heterocycles. The maximum Gasteiger partial charge on any atom is 0.359 e. The maximum absolute atomic E-state index is 12.0. The minimum atomic E-state index is -3.07. The number of hydrogen-bond donors (Lipinski definition) is 1. The minimum absolute atomic E-state index is 0.0615. The van der Waals surface area contributed by atoms with E-state index in [1.54, 1.807) is 7.05 Å². The molecule has 8 heteroatoms. The van der Waals surface area contributed by atoms with Crippen molar-refractivity contribution in [2.75, 3.05) is 17.2 Å². The predicted octanol–water partition coefficient (Wildman–Crippen LogP) is -0.0914. The van der Waals surface area contributed by atoms with Crippen LogP contribution in [0.2, 0.25) is 0 Å². The molecule has 0 saturated carbocycles. The molecule has 2 rings (SSSR count). The van der Waals surface area contributed by atoms with Crippen LogP contribution in [0.25, 0.3) is 0 Å². The zero-order valence-corrected chi connectivity index (χ0v) is 11.7. The number of hydrogen-bond acceptors (Lipinski definition) is 6. The first kappa shape index (κ1) is 13.9. The van der Waals surface area contributed by atoms with Crippen molar-refractivity contribution < 1.29 is 17.9 Å². The molecule has 0 amide bonds. The highest BCUT2D eigenvalue weighted by molar-refractivity contribution is 7.91. The molecule has 106 valence electrons. The van der Waals surface area contributed by atoms with Crippen LogP contribution in [0.15, 0.2) is 0 Å². The van der Waals surface area contributed by atoms with Gasteiger partial charge in [-0.05, 0) is 12.8 Å². The Morgan fingerprint density at radius 1 is 1.58 bits per heavy atom. The van der Waals surface area contributed by atoms with E-state index in [0.29, 0.717) is 24.2 Å². The Morgan fingerprint density at radius 2 is 2.26 bits per heavy atom. The Morgan fingerprint density at radius 3 is 2.74 bits per heavy atom. The van der Waals surface area contributed by atoms with E-state index in [0.717, 1.165) is 0 Å². The lowest BCUT2D eigenvalue weighted by Gasteiger charge is -2.10. The molecule has 0 spiro atoms. The number of carbonyl (C=O) groups excluding carboxylic acids is 1. The highest BCUT2D eigenvalue weighted by atomic mass is 32.2. The Balaban J connectivity index is 2.15. The van der Waals surface area contributed by atoms with E-state index in [1.807, 2.05) is 6.92 Å². The zero-order chi connectivity index (χ0) is 14.2. The van der Waals surface area contributed by atoms with Crippen LogP contribution >= 0.6 is 0 Å². The van der Waals surface area contributed by atoms with Crippen molar-refractivity contribution in [1.29, 1.82) is 0 Å². The summed E-state index contributed by atoms with van der Waals surface area (Å²) in [5.41, 5.74) is 6.96. The van der Waals surface area contributed by atoms with Crippen molar-refractivity contribution in [3.63, 3.8) is 0 Å². The van der Waals surface area contributed by atoms with Crippen molar-refractivity contribution >= 4 is 21.5 Å². The second-order valence-electron chi connectivity index (χ2n) is 4.62. The molecule has 2 N–H and O–H groups in total. The molecule has 1 aliphatic heterocycles. The average molecular weight is 287 g/mol. The van der Waals surface area contributed by atoms with Crippen LogP contribution in [-0.4, -0.2) is 41.8 Å². The van der Waals surface area contributed by atoms with E-state index in [4.69, 9.17) is 10.5 Å². The number of sulfone groups is 1. The third-order valence-electron chi connectivity index (χ3n) is 3.15. The lowest BCUT2D eigenvalue weighted by Crippen LogP contribution is -2.22. The number of nitrogen functional groups attached to an aromatic ring is 1. The summed E-state index contributed by atoms with van der Waals surface area (Å²) in [5, 5.41) is 4.13. The molecule has 7 nitrogen and oxygen atoms in total. The Hall–Kier alpha value is -1.57. The lowest BCUT2D eigenvalue weighted by molar-refractivity contribution is 0.0345. The first-order chi connectivity index (χ1) is 8.84. The van der Waals surface area contributed by atoms with Gasteiger partial charge in [0.05, 0.1) is 22.9 Å². The molecular formula is C11H17N3O4S. The van der Waals surface area contributed by atoms with E-state index in [-0.39, 0.29) is 17.2 Å². The zero-order valence-electron chi connectivity index (χ0n) is 10.9. The summed E-state index contributed by atoms with van der Waals surface area (Å²) in [7, 11) is -1.47. The van der Waals surface area contributed by atoms with Crippen molar-refractivity contribution in [2.24, 2.45) is 7.05 Å². The van der Waals surface area contributed by atoms with Gasteiger partial charge in [-0.1, -0.05) is 6.92 Å². The first-order valence-electron chi connectivity index (χ1n) is 6.06. The van der Waals surface area contributed by atoms with Gasteiger partial charge in [-0.25, -0.2) is 13.2 Å². The largest absolute Gasteiger partial charge is 0.456 e. The SMILES string of the molecule is CCc1nn(C)c(C(=O)OC2CCS(=O)(=O)C2)c1N. The van der Waals surface area contributed by atoms with Gasteiger partial charge < -0.3 is 10.5 Å². The molecule has 1 saturated heterocycles. The highest BCUT2D eigenvalue weighted by Gasteiger charge is 2.32. The van der Waals surface area contributed by atoms with Crippen LogP contribution in [0.5, 0.6) is 0 Å². The van der Waals surface area contributed by atoms with Gasteiger partial charge in [-0.15, -0.1) is 0 Å². The lowest BCUT2D eigenvalue weighted by atomic mass is 10.2. The third kappa shape index (κ3) is 2.73. The van der Waals surface area contributed by atoms with Crippen LogP contribution in [0, 0.1) is 0 Å². The van der Waals surface area contributed by atoms with Gasteiger partial charge in [0.25, 0.3) is 0 Å². The van der Waals surface area contributed by atoms with Gasteiger partial charge in [0, 0.05) is 7.05 Å². The van der Waals surface area contributed by atoms with E-state index in [1.165, 1.54) is 4.68 Å². The van der Waals surface area contributed by atoms with E-state index < -0.39 is 21.9 Å². The van der Waals surface area contributed by atoms with Crippen LogP contribution in [0.4, 0.5) is 5.69 Å². The Labute approximate surface area is 111 Å². The van der Waals surface area contributed by atoms with Crippen molar-refractivity contribution in [1.82, 2.24) is 9.78 Å². The van der Waals surface area contributed by atoms with Gasteiger partial charge in [0.2, 0.25) is 0 Å². The summed E-state index contributed by atoms with van der Waals surface area (Å²) in [6.07, 6.45) is 0.369. The standard InChI is InChI=1S/C11H17N3O4S/c1-3-8-9(12)10(14(2)13-8)11(15)18-7-4-5-19(16,17)6-7/h7H,3-6,12H2,1-2H3. The molecule has 1 unspecified atom stereocenters. The molecule has 1 fully saturated rings. The molecule has 0 aromatic carbocycles. The molecule has 19 heavy (non-hydrogen) atoms. The highest BCUT2D eigenvalue weighted by Crippen LogP contribution is 2.21. The Kier molecular flexibility index (Phi) is 3.53. The number of carbonyl (C=O) groups is 1. The molecule has 0 radical (unpaired) electrons. The molecule has 0 aliphatic carbocycles. The van der Waals surface area contributed by atoms with Crippen molar-refractivity contribution in [3.05, 3.63) is 11.4 Å². The summed E-state index contributed by atoms with van der Waals surface area (Å²) in [6.45, 7) is 1.89. The normalized spacial score (nSPS) is 21.5. The summed E-state index contributed by atoms with van der Waals surface area (Å²) in [5.74, 6) is -0.669. The molecular weight excluding hydrogens is 270 g/mol. The third-order valence-corrected chi connectivity index (χ3v) is 4.89. The fourth-order valence-corrected chi connectivity index (χ4v) is 3.75. The minimum Gasteiger partial charge on any atom is -0.456 e. The molecule has 1 aromatic heterocycles. The quantitative estimate of drug-likeness (QED) is 0.779. The van der Waals surface area contributed by atoms with Crippen LogP contribution in [0.3, 0.4) is 0 Å². The second-order valence-corrected chi connectivity index (χ2v) is 6.85. The van der Waals surface area contributed by atoms with Crippen LogP contribution in [0.1, 0.15) is 29.5 Å². The predicted molar refractivity (Wildman–Crippen MR) is 69.5 cm³/mol. The number of aryl methyl sites for hydroxylation is 2. The number of esters is 1. The number of anilines is 1. The average Bonchev–Trinajstić information content (AvgIpc) is 2.78. The fourth-order valence-electron chi connectivity index (χ4n) is 2.16. The summed E-state index contributed by atoms with van der Waals surface area (Å²) in [4.78, 5) is 12.0. The maximum atomic E-state index is 12.0. The van der Waals surface area contributed by atoms with E-state index >= 15 is 0 Å². The van der Waals surface area contributed by atoms with Gasteiger partial charge in [0.15, 0.2) is 15.5 Å².